The van der Waals surface area contributed by atoms with Gasteiger partial charge in [-0.05, 0) is 25.5 Å². The minimum Gasteiger partial charge on any atom is -0.476 e. The van der Waals surface area contributed by atoms with Crippen molar-refractivity contribution in [3.63, 3.8) is 0 Å². The van der Waals surface area contributed by atoms with E-state index in [4.69, 9.17) is 5.11 Å². The van der Waals surface area contributed by atoms with E-state index in [2.05, 4.69) is 10.3 Å². The molecule has 0 atom stereocenters. The van der Waals surface area contributed by atoms with Gasteiger partial charge >= 0.3 is 5.97 Å². The number of aromatic carboxylic acids is 1. The Morgan fingerprint density at radius 1 is 1.41 bits per heavy atom. The number of rotatable bonds is 3. The predicted octanol–water partition coefficient (Wildman–Crippen LogP) is 3.20. The van der Waals surface area contributed by atoms with E-state index in [0.717, 1.165) is 11.3 Å². The monoisotopic (exact) mass is 248 g/mol. The van der Waals surface area contributed by atoms with E-state index < -0.39 is 5.97 Å². The molecule has 0 aliphatic rings. The Kier molecular flexibility index (Phi) is 3.10. The van der Waals surface area contributed by atoms with Crippen LogP contribution in [-0.4, -0.2) is 16.1 Å². The molecule has 0 spiro atoms. The number of nitrogens with one attached hydrogen (secondary N) is 1. The van der Waals surface area contributed by atoms with Crippen LogP contribution in [0.4, 0.5) is 10.7 Å². The summed E-state index contributed by atoms with van der Waals surface area (Å²) in [6.45, 7) is 4.00. The maximum atomic E-state index is 10.9. The molecule has 88 valence electrons. The van der Waals surface area contributed by atoms with Crippen molar-refractivity contribution in [3.8, 4) is 0 Å². The summed E-state index contributed by atoms with van der Waals surface area (Å²) < 4.78 is 0. The van der Waals surface area contributed by atoms with Crippen LogP contribution < -0.4 is 5.32 Å². The van der Waals surface area contributed by atoms with Crippen LogP contribution in [0.15, 0.2) is 23.7 Å². The maximum Gasteiger partial charge on any atom is 0.357 e. The van der Waals surface area contributed by atoms with Crippen molar-refractivity contribution in [2.24, 2.45) is 0 Å². The highest BCUT2D eigenvalue weighted by molar-refractivity contribution is 7.14. The molecule has 1 aromatic heterocycles. The molecule has 1 heterocycles. The third-order valence-electron chi connectivity index (χ3n) is 2.40. The zero-order valence-electron chi connectivity index (χ0n) is 9.52. The van der Waals surface area contributed by atoms with Gasteiger partial charge in [0.25, 0.3) is 0 Å². The number of thiazole rings is 1. The number of carboxylic acids is 1. The second-order valence-electron chi connectivity index (χ2n) is 3.78. The molecule has 0 unspecified atom stereocenters. The molecule has 0 fully saturated rings. The van der Waals surface area contributed by atoms with E-state index in [1.165, 1.54) is 22.4 Å². The van der Waals surface area contributed by atoms with Crippen molar-refractivity contribution < 1.29 is 9.90 Å². The van der Waals surface area contributed by atoms with Crippen LogP contribution in [0.25, 0.3) is 0 Å². The highest BCUT2D eigenvalue weighted by Gasteiger charge is 2.13. The third-order valence-corrected chi connectivity index (χ3v) is 3.14. The molecule has 0 aliphatic heterocycles. The lowest BCUT2D eigenvalue weighted by Crippen LogP contribution is -2.01. The number of nitrogens with zero attached hydrogens (tertiary/aromatic N) is 1. The number of hydrogen-bond donors (Lipinski definition) is 2. The van der Waals surface area contributed by atoms with Gasteiger partial charge in [-0.2, -0.15) is 0 Å². The summed E-state index contributed by atoms with van der Waals surface area (Å²) in [6, 6.07) is 5.97. The molecule has 0 radical (unpaired) electrons. The van der Waals surface area contributed by atoms with Crippen molar-refractivity contribution in [1.82, 2.24) is 4.98 Å². The minimum atomic E-state index is -1.02. The minimum absolute atomic E-state index is 0.0648. The Hall–Kier alpha value is -1.88. The van der Waals surface area contributed by atoms with Crippen molar-refractivity contribution in [1.29, 1.82) is 0 Å². The topological polar surface area (TPSA) is 62.2 Å². The van der Waals surface area contributed by atoms with Crippen molar-refractivity contribution in [3.05, 3.63) is 40.5 Å². The molecular weight excluding hydrogens is 236 g/mol. The quantitative estimate of drug-likeness (QED) is 0.875. The van der Waals surface area contributed by atoms with Gasteiger partial charge in [-0.1, -0.05) is 17.7 Å². The first kappa shape index (κ1) is 11.6. The molecule has 4 nitrogen and oxygen atoms in total. The summed E-state index contributed by atoms with van der Waals surface area (Å²) in [7, 11) is 0. The van der Waals surface area contributed by atoms with Gasteiger partial charge in [0.1, 0.15) is 5.00 Å². The fraction of sp³-hybridized carbons (Fsp3) is 0.167. The Morgan fingerprint density at radius 3 is 2.82 bits per heavy atom. The lowest BCUT2D eigenvalue weighted by atomic mass is 10.1. The zero-order valence-corrected chi connectivity index (χ0v) is 10.3. The van der Waals surface area contributed by atoms with E-state index in [-0.39, 0.29) is 5.69 Å². The van der Waals surface area contributed by atoms with Gasteiger partial charge in [-0.25, -0.2) is 9.78 Å². The van der Waals surface area contributed by atoms with Crippen LogP contribution in [-0.2, 0) is 0 Å². The van der Waals surface area contributed by atoms with Crippen molar-refractivity contribution in [2.75, 3.05) is 5.32 Å². The molecule has 2 aromatic rings. The first-order chi connectivity index (χ1) is 8.08. The van der Waals surface area contributed by atoms with Gasteiger partial charge in [0, 0.05) is 5.69 Å². The maximum absolute atomic E-state index is 10.9. The van der Waals surface area contributed by atoms with Crippen LogP contribution in [0, 0.1) is 13.8 Å². The molecular formula is C12H12N2O2S. The fourth-order valence-electron chi connectivity index (χ4n) is 1.56. The molecule has 0 amide bonds. The number of carbonyl (C=O) groups is 1. The molecule has 17 heavy (non-hydrogen) atoms. The van der Waals surface area contributed by atoms with Crippen LogP contribution in [0.5, 0.6) is 0 Å². The van der Waals surface area contributed by atoms with E-state index in [0.29, 0.717) is 5.00 Å². The Balaban J connectivity index is 2.31. The zero-order chi connectivity index (χ0) is 12.4. The van der Waals surface area contributed by atoms with Crippen LogP contribution >= 0.6 is 11.3 Å². The standard InChI is InChI=1S/C12H12N2O2S/c1-7-3-4-9(8(2)5-7)14-11-10(12(15)16)13-6-17-11/h3-6,14H,1-2H3,(H,15,16). The van der Waals surface area contributed by atoms with Crippen LogP contribution in [0.2, 0.25) is 0 Å². The second kappa shape index (κ2) is 4.55. The summed E-state index contributed by atoms with van der Waals surface area (Å²) in [5.74, 6) is -1.02. The van der Waals surface area contributed by atoms with E-state index in [9.17, 15) is 4.79 Å². The third kappa shape index (κ3) is 2.45. The summed E-state index contributed by atoms with van der Waals surface area (Å²) >= 11 is 1.28. The smallest absolute Gasteiger partial charge is 0.357 e. The number of aromatic nitrogens is 1. The number of hydrogen-bond acceptors (Lipinski definition) is 4. The van der Waals surface area contributed by atoms with Crippen molar-refractivity contribution in [2.45, 2.75) is 13.8 Å². The Bertz CT molecular complexity index is 563. The van der Waals surface area contributed by atoms with Gasteiger partial charge in [-0.15, -0.1) is 11.3 Å². The van der Waals surface area contributed by atoms with Gasteiger partial charge in [0.05, 0.1) is 5.51 Å². The average molecular weight is 248 g/mol. The van der Waals surface area contributed by atoms with Gasteiger partial charge in [0.2, 0.25) is 0 Å². The molecule has 0 saturated heterocycles. The number of carboxylic acid groups (broad SMARTS) is 1. The second-order valence-corrected chi connectivity index (χ2v) is 4.63. The largest absolute Gasteiger partial charge is 0.476 e. The first-order valence-electron chi connectivity index (χ1n) is 5.09. The Labute approximate surface area is 103 Å². The molecule has 2 N–H and O–H groups in total. The highest BCUT2D eigenvalue weighted by atomic mass is 32.1. The molecule has 0 bridgehead atoms. The fourth-order valence-corrected chi connectivity index (χ4v) is 2.25. The lowest BCUT2D eigenvalue weighted by molar-refractivity contribution is 0.0692. The van der Waals surface area contributed by atoms with E-state index in [1.54, 1.807) is 0 Å². The summed E-state index contributed by atoms with van der Waals surface area (Å²) in [5, 5.41) is 12.6. The SMILES string of the molecule is Cc1ccc(Nc2scnc2C(=O)O)c(C)c1. The number of benzene rings is 1. The molecule has 1 aromatic carbocycles. The van der Waals surface area contributed by atoms with Gasteiger partial charge in [-0.3, -0.25) is 0 Å². The highest BCUT2D eigenvalue weighted by Crippen LogP contribution is 2.27. The van der Waals surface area contributed by atoms with Crippen LogP contribution in [0.3, 0.4) is 0 Å². The van der Waals surface area contributed by atoms with Gasteiger partial charge in [0.15, 0.2) is 5.69 Å². The lowest BCUT2D eigenvalue weighted by Gasteiger charge is -2.08. The number of aryl methyl sites for hydroxylation is 2. The van der Waals surface area contributed by atoms with E-state index >= 15 is 0 Å². The molecule has 5 heteroatoms. The first-order valence-corrected chi connectivity index (χ1v) is 5.97. The summed E-state index contributed by atoms with van der Waals surface area (Å²) in [4.78, 5) is 14.7. The Morgan fingerprint density at radius 2 is 2.18 bits per heavy atom. The number of anilines is 2. The van der Waals surface area contributed by atoms with Crippen LogP contribution in [0.1, 0.15) is 21.6 Å². The molecule has 0 saturated carbocycles. The molecule has 2 rings (SSSR count). The average Bonchev–Trinajstić information content (AvgIpc) is 2.70. The predicted molar refractivity (Wildman–Crippen MR) is 68.3 cm³/mol. The molecule has 0 aliphatic carbocycles. The normalized spacial score (nSPS) is 10.2. The van der Waals surface area contributed by atoms with Crippen molar-refractivity contribution >= 4 is 28.0 Å². The van der Waals surface area contributed by atoms with E-state index in [1.807, 2.05) is 32.0 Å². The summed E-state index contributed by atoms with van der Waals surface area (Å²) in [5.41, 5.74) is 4.75. The van der Waals surface area contributed by atoms with Gasteiger partial charge < -0.3 is 10.4 Å². The summed E-state index contributed by atoms with van der Waals surface area (Å²) in [6.07, 6.45) is 0.